The van der Waals surface area contributed by atoms with E-state index < -0.39 is 0 Å². The van der Waals surface area contributed by atoms with Crippen molar-refractivity contribution >= 4 is 11.6 Å². The van der Waals surface area contributed by atoms with Crippen molar-refractivity contribution in [3.05, 3.63) is 34.9 Å². The van der Waals surface area contributed by atoms with Crippen LogP contribution >= 0.6 is 11.6 Å². The maximum atomic E-state index is 5.93. The highest BCUT2D eigenvalue weighted by molar-refractivity contribution is 6.30. The van der Waals surface area contributed by atoms with Gasteiger partial charge >= 0.3 is 0 Å². The molecule has 0 aromatic heterocycles. The summed E-state index contributed by atoms with van der Waals surface area (Å²) in [7, 11) is 0. The van der Waals surface area contributed by atoms with Gasteiger partial charge in [-0.2, -0.15) is 0 Å². The summed E-state index contributed by atoms with van der Waals surface area (Å²) in [5, 5.41) is 4.49. The average molecular weight is 237 g/mol. The highest BCUT2D eigenvalue weighted by Crippen LogP contribution is 2.44. The zero-order valence-electron chi connectivity index (χ0n) is 9.20. The largest absolute Gasteiger partial charge is 0.330 e. The molecule has 1 aromatic carbocycles. The van der Waals surface area contributed by atoms with E-state index in [1.807, 2.05) is 12.1 Å². The lowest BCUT2D eigenvalue weighted by molar-refractivity contribution is 0.365. The molecule has 16 heavy (non-hydrogen) atoms. The topological polar surface area (TPSA) is 38.0 Å². The summed E-state index contributed by atoms with van der Waals surface area (Å²) in [4.78, 5) is 0. The predicted octanol–water partition coefficient (Wildman–Crippen LogP) is 2.13. The van der Waals surface area contributed by atoms with Crippen molar-refractivity contribution in [1.29, 1.82) is 0 Å². The van der Waals surface area contributed by atoms with Crippen LogP contribution in [0.25, 0.3) is 0 Å². The Kier molecular flexibility index (Phi) is 2.66. The third-order valence-corrected chi connectivity index (χ3v) is 4.41. The molecule has 86 valence electrons. The number of hydrogen-bond donors (Lipinski definition) is 2. The lowest BCUT2D eigenvalue weighted by Gasteiger charge is -2.28. The summed E-state index contributed by atoms with van der Waals surface area (Å²) in [5.74, 6) is 1.18. The monoisotopic (exact) mass is 236 g/mol. The molecule has 0 spiro atoms. The molecule has 2 nitrogen and oxygen atoms in total. The van der Waals surface area contributed by atoms with Crippen LogP contribution in [0.5, 0.6) is 0 Å². The zero-order chi connectivity index (χ0) is 11.1. The summed E-state index contributed by atoms with van der Waals surface area (Å²) in [6.07, 6.45) is 2.57. The van der Waals surface area contributed by atoms with Crippen molar-refractivity contribution < 1.29 is 0 Å². The molecule has 4 unspecified atom stereocenters. The highest BCUT2D eigenvalue weighted by Gasteiger charge is 2.46. The molecule has 3 N–H and O–H groups in total. The van der Waals surface area contributed by atoms with Crippen LogP contribution in [0.1, 0.15) is 24.3 Å². The quantitative estimate of drug-likeness (QED) is 0.826. The van der Waals surface area contributed by atoms with Gasteiger partial charge < -0.3 is 11.1 Å². The fraction of sp³-hybridized carbons (Fsp3) is 0.538. The van der Waals surface area contributed by atoms with E-state index in [0.29, 0.717) is 23.9 Å². The van der Waals surface area contributed by atoms with Crippen LogP contribution < -0.4 is 11.1 Å². The first-order chi connectivity index (χ1) is 7.79. The molecule has 0 saturated carbocycles. The van der Waals surface area contributed by atoms with Crippen molar-refractivity contribution in [1.82, 2.24) is 5.32 Å². The molecule has 2 bridgehead atoms. The number of rotatable bonds is 2. The zero-order valence-corrected chi connectivity index (χ0v) is 9.95. The second-order valence-corrected chi connectivity index (χ2v) is 5.37. The molecule has 2 fully saturated rings. The summed E-state index contributed by atoms with van der Waals surface area (Å²) < 4.78 is 0. The van der Waals surface area contributed by atoms with Crippen LogP contribution in [0.4, 0.5) is 0 Å². The van der Waals surface area contributed by atoms with Gasteiger partial charge in [-0.05, 0) is 43.0 Å². The normalized spacial score (nSPS) is 36.9. The van der Waals surface area contributed by atoms with Gasteiger partial charge in [0, 0.05) is 23.0 Å². The Labute approximate surface area is 101 Å². The predicted molar refractivity (Wildman–Crippen MR) is 66.7 cm³/mol. The second kappa shape index (κ2) is 4.02. The third-order valence-electron chi connectivity index (χ3n) is 4.16. The van der Waals surface area contributed by atoms with Crippen molar-refractivity contribution in [2.45, 2.75) is 30.8 Å². The van der Waals surface area contributed by atoms with Gasteiger partial charge in [0.15, 0.2) is 0 Å². The highest BCUT2D eigenvalue weighted by atomic mass is 35.5. The summed E-state index contributed by atoms with van der Waals surface area (Å²) in [5.41, 5.74) is 7.30. The molecule has 2 saturated heterocycles. The minimum absolute atomic E-state index is 0.584. The maximum Gasteiger partial charge on any atom is 0.0406 e. The fourth-order valence-electron chi connectivity index (χ4n) is 3.45. The van der Waals surface area contributed by atoms with E-state index in [1.165, 1.54) is 18.4 Å². The molecule has 2 aliphatic rings. The minimum atomic E-state index is 0.584. The molecule has 1 aromatic rings. The van der Waals surface area contributed by atoms with Gasteiger partial charge in [-0.15, -0.1) is 0 Å². The summed E-state index contributed by atoms with van der Waals surface area (Å²) >= 11 is 5.93. The lowest BCUT2D eigenvalue weighted by Crippen LogP contribution is -2.31. The molecule has 3 heteroatoms. The molecule has 2 heterocycles. The van der Waals surface area contributed by atoms with E-state index in [0.717, 1.165) is 11.6 Å². The number of nitrogens with two attached hydrogens (primary N) is 1. The number of halogens is 1. The average Bonchev–Trinajstić information content (AvgIpc) is 2.89. The van der Waals surface area contributed by atoms with Gasteiger partial charge in [0.05, 0.1) is 0 Å². The standard InChI is InChI=1S/C13H17ClN2/c14-9-3-1-8(2-4-9)13-10(7-15)11-5-6-12(13)16-11/h1-4,10-13,16H,5-7,15H2. The van der Waals surface area contributed by atoms with Crippen LogP contribution in [0.15, 0.2) is 24.3 Å². The minimum Gasteiger partial charge on any atom is -0.330 e. The molecule has 0 aliphatic carbocycles. The van der Waals surface area contributed by atoms with E-state index in [2.05, 4.69) is 17.4 Å². The van der Waals surface area contributed by atoms with Crippen LogP contribution in [-0.4, -0.2) is 18.6 Å². The first kappa shape index (κ1) is 10.6. The molecule has 4 atom stereocenters. The Morgan fingerprint density at radius 2 is 1.88 bits per heavy atom. The van der Waals surface area contributed by atoms with Gasteiger partial charge in [-0.1, -0.05) is 23.7 Å². The van der Waals surface area contributed by atoms with E-state index in [9.17, 15) is 0 Å². The van der Waals surface area contributed by atoms with E-state index in [-0.39, 0.29) is 0 Å². The lowest BCUT2D eigenvalue weighted by atomic mass is 9.75. The molecule has 2 aliphatic heterocycles. The van der Waals surface area contributed by atoms with Crippen LogP contribution in [0.3, 0.4) is 0 Å². The Bertz CT molecular complexity index is 376. The second-order valence-electron chi connectivity index (χ2n) is 4.93. The van der Waals surface area contributed by atoms with E-state index >= 15 is 0 Å². The van der Waals surface area contributed by atoms with Crippen molar-refractivity contribution in [3.63, 3.8) is 0 Å². The van der Waals surface area contributed by atoms with Crippen LogP contribution in [0.2, 0.25) is 5.02 Å². The Morgan fingerprint density at radius 3 is 2.56 bits per heavy atom. The number of fused-ring (bicyclic) bond motifs is 2. The van der Waals surface area contributed by atoms with Crippen LogP contribution in [0, 0.1) is 5.92 Å². The number of nitrogens with one attached hydrogen (secondary N) is 1. The first-order valence-electron chi connectivity index (χ1n) is 6.01. The number of hydrogen-bond acceptors (Lipinski definition) is 2. The Balaban J connectivity index is 1.91. The van der Waals surface area contributed by atoms with Gasteiger partial charge in [0.1, 0.15) is 0 Å². The van der Waals surface area contributed by atoms with Gasteiger partial charge in [-0.3, -0.25) is 0 Å². The summed E-state index contributed by atoms with van der Waals surface area (Å²) in [6.45, 7) is 0.779. The Hall–Kier alpha value is -0.570. The van der Waals surface area contributed by atoms with E-state index in [4.69, 9.17) is 17.3 Å². The van der Waals surface area contributed by atoms with E-state index in [1.54, 1.807) is 0 Å². The van der Waals surface area contributed by atoms with Gasteiger partial charge in [-0.25, -0.2) is 0 Å². The number of benzene rings is 1. The van der Waals surface area contributed by atoms with Crippen molar-refractivity contribution in [2.24, 2.45) is 11.7 Å². The third kappa shape index (κ3) is 1.56. The van der Waals surface area contributed by atoms with Crippen molar-refractivity contribution in [3.8, 4) is 0 Å². The maximum absolute atomic E-state index is 5.93. The van der Waals surface area contributed by atoms with Gasteiger partial charge in [0.25, 0.3) is 0 Å². The summed E-state index contributed by atoms with van der Waals surface area (Å²) in [6, 6.07) is 9.53. The molecular formula is C13H17ClN2. The first-order valence-corrected chi connectivity index (χ1v) is 6.39. The van der Waals surface area contributed by atoms with Crippen LogP contribution in [-0.2, 0) is 0 Å². The smallest absolute Gasteiger partial charge is 0.0406 e. The Morgan fingerprint density at radius 1 is 1.19 bits per heavy atom. The molecule has 3 rings (SSSR count). The molecule has 0 radical (unpaired) electrons. The van der Waals surface area contributed by atoms with Gasteiger partial charge in [0.2, 0.25) is 0 Å². The van der Waals surface area contributed by atoms with Crippen molar-refractivity contribution in [2.75, 3.05) is 6.54 Å². The molecule has 0 amide bonds. The molecular weight excluding hydrogens is 220 g/mol. The fourth-order valence-corrected chi connectivity index (χ4v) is 3.57. The SMILES string of the molecule is NCC1C2CCC(N2)C1c1ccc(Cl)cc1.